The zero-order valence-corrected chi connectivity index (χ0v) is 12.5. The van der Waals surface area contributed by atoms with E-state index in [9.17, 15) is 9.59 Å². The van der Waals surface area contributed by atoms with Gasteiger partial charge >= 0.3 is 12.0 Å². The average molecular weight is 288 g/mol. The van der Waals surface area contributed by atoms with E-state index in [0.29, 0.717) is 6.54 Å². The number of amides is 2. The van der Waals surface area contributed by atoms with Crippen molar-refractivity contribution in [3.63, 3.8) is 0 Å². The summed E-state index contributed by atoms with van der Waals surface area (Å²) in [7, 11) is 0. The lowest BCUT2D eigenvalue weighted by molar-refractivity contribution is -0.137. The Morgan fingerprint density at radius 3 is 2.47 bits per heavy atom. The van der Waals surface area contributed by atoms with Crippen molar-refractivity contribution in [3.8, 4) is 0 Å². The molecule has 0 spiro atoms. The minimum absolute atomic E-state index is 0.0545. The van der Waals surface area contributed by atoms with Crippen molar-refractivity contribution in [3.05, 3.63) is 0 Å². The standard InChI is InChI=1S/C13H24N2O3S/c1-10(8-11(16)17)15-12(18)14-9-13(19-2)6-4-3-5-7-13/h10H,3-9H2,1-2H3,(H,16,17)(H2,14,15,18). The third-order valence-corrected chi connectivity index (χ3v) is 5.05. The van der Waals surface area contributed by atoms with Crippen LogP contribution in [0.15, 0.2) is 0 Å². The van der Waals surface area contributed by atoms with Gasteiger partial charge in [0.25, 0.3) is 0 Å². The Morgan fingerprint density at radius 2 is 1.95 bits per heavy atom. The third kappa shape index (κ3) is 5.72. The summed E-state index contributed by atoms with van der Waals surface area (Å²) in [6.45, 7) is 2.35. The summed E-state index contributed by atoms with van der Waals surface area (Å²) in [4.78, 5) is 22.2. The molecule has 2 amide bonds. The monoisotopic (exact) mass is 288 g/mol. The molecular formula is C13H24N2O3S. The van der Waals surface area contributed by atoms with E-state index in [-0.39, 0.29) is 23.2 Å². The second-order valence-corrected chi connectivity index (χ2v) is 6.55. The lowest BCUT2D eigenvalue weighted by atomic mass is 9.88. The molecule has 1 fully saturated rings. The Morgan fingerprint density at radius 1 is 1.32 bits per heavy atom. The van der Waals surface area contributed by atoms with Crippen molar-refractivity contribution >= 4 is 23.8 Å². The van der Waals surface area contributed by atoms with Gasteiger partial charge < -0.3 is 15.7 Å². The molecule has 1 saturated carbocycles. The van der Waals surface area contributed by atoms with Crippen molar-refractivity contribution < 1.29 is 14.7 Å². The topological polar surface area (TPSA) is 78.4 Å². The molecule has 0 heterocycles. The molecule has 6 heteroatoms. The summed E-state index contributed by atoms with van der Waals surface area (Å²) < 4.78 is 0.158. The van der Waals surface area contributed by atoms with Crippen LogP contribution in [0, 0.1) is 0 Å². The van der Waals surface area contributed by atoms with Crippen LogP contribution >= 0.6 is 11.8 Å². The maximum absolute atomic E-state index is 11.7. The summed E-state index contributed by atoms with van der Waals surface area (Å²) >= 11 is 1.83. The number of aliphatic carboxylic acids is 1. The van der Waals surface area contributed by atoms with Gasteiger partial charge in [0.1, 0.15) is 0 Å². The van der Waals surface area contributed by atoms with Crippen LogP contribution in [0.1, 0.15) is 45.4 Å². The molecule has 1 aliphatic rings. The minimum Gasteiger partial charge on any atom is -0.481 e. The van der Waals surface area contributed by atoms with Gasteiger partial charge in [-0.05, 0) is 26.0 Å². The van der Waals surface area contributed by atoms with Crippen LogP contribution < -0.4 is 10.6 Å². The zero-order chi connectivity index (χ0) is 14.3. The number of carboxylic acid groups (broad SMARTS) is 1. The molecule has 0 saturated heterocycles. The van der Waals surface area contributed by atoms with Crippen molar-refractivity contribution in [1.29, 1.82) is 0 Å². The molecule has 0 aromatic rings. The number of nitrogens with one attached hydrogen (secondary N) is 2. The van der Waals surface area contributed by atoms with Crippen LogP contribution in [0.4, 0.5) is 4.79 Å². The van der Waals surface area contributed by atoms with Gasteiger partial charge in [0.15, 0.2) is 0 Å². The van der Waals surface area contributed by atoms with Crippen molar-refractivity contribution in [1.82, 2.24) is 10.6 Å². The quantitative estimate of drug-likeness (QED) is 0.700. The number of hydrogen-bond donors (Lipinski definition) is 3. The smallest absolute Gasteiger partial charge is 0.315 e. The predicted octanol–water partition coefficient (Wildman–Crippen LogP) is 2.21. The van der Waals surface area contributed by atoms with Gasteiger partial charge in [0, 0.05) is 17.3 Å². The average Bonchev–Trinajstić information content (AvgIpc) is 2.36. The van der Waals surface area contributed by atoms with Gasteiger partial charge in [-0.15, -0.1) is 0 Å². The molecular weight excluding hydrogens is 264 g/mol. The number of carbonyl (C=O) groups is 2. The summed E-state index contributed by atoms with van der Waals surface area (Å²) in [6.07, 6.45) is 8.04. The number of hydrogen-bond acceptors (Lipinski definition) is 3. The Kier molecular flexibility index (Phi) is 6.48. The van der Waals surface area contributed by atoms with E-state index in [1.807, 2.05) is 11.8 Å². The van der Waals surface area contributed by atoms with Gasteiger partial charge in [0.2, 0.25) is 0 Å². The van der Waals surface area contributed by atoms with Crippen LogP contribution in [-0.4, -0.2) is 40.7 Å². The maximum atomic E-state index is 11.7. The van der Waals surface area contributed by atoms with Crippen molar-refractivity contribution in [2.24, 2.45) is 0 Å². The molecule has 1 atom stereocenters. The molecule has 1 unspecified atom stereocenters. The number of thioether (sulfide) groups is 1. The highest BCUT2D eigenvalue weighted by molar-refractivity contribution is 8.00. The first-order valence-electron chi connectivity index (χ1n) is 6.79. The van der Waals surface area contributed by atoms with Crippen LogP contribution in [0.5, 0.6) is 0 Å². The lowest BCUT2D eigenvalue weighted by Gasteiger charge is -2.35. The number of urea groups is 1. The lowest BCUT2D eigenvalue weighted by Crippen LogP contribution is -2.47. The van der Waals surface area contributed by atoms with Gasteiger partial charge in [-0.1, -0.05) is 19.3 Å². The molecule has 5 nitrogen and oxygen atoms in total. The predicted molar refractivity (Wildman–Crippen MR) is 77.6 cm³/mol. The van der Waals surface area contributed by atoms with Crippen molar-refractivity contribution in [2.45, 2.75) is 56.2 Å². The summed E-state index contributed by atoms with van der Waals surface area (Å²) in [6, 6.07) is -0.623. The van der Waals surface area contributed by atoms with E-state index in [4.69, 9.17) is 5.11 Å². The maximum Gasteiger partial charge on any atom is 0.315 e. The van der Waals surface area contributed by atoms with Crippen LogP contribution in [0.3, 0.4) is 0 Å². The molecule has 110 valence electrons. The number of rotatable bonds is 6. The van der Waals surface area contributed by atoms with Gasteiger partial charge in [0.05, 0.1) is 6.42 Å². The second-order valence-electron chi connectivity index (χ2n) is 5.27. The number of carbonyl (C=O) groups excluding carboxylic acids is 1. The normalized spacial score (nSPS) is 19.5. The van der Waals surface area contributed by atoms with Gasteiger partial charge in [-0.3, -0.25) is 4.79 Å². The Hall–Kier alpha value is -0.910. The van der Waals surface area contributed by atoms with Gasteiger partial charge in [-0.2, -0.15) is 11.8 Å². The Labute approximate surface area is 118 Å². The fourth-order valence-electron chi connectivity index (χ4n) is 2.48. The first kappa shape index (κ1) is 16.1. The molecule has 0 aliphatic heterocycles. The SMILES string of the molecule is CSC1(CNC(=O)NC(C)CC(=O)O)CCCCC1. The fraction of sp³-hybridized carbons (Fsp3) is 0.846. The van der Waals surface area contributed by atoms with E-state index in [2.05, 4.69) is 16.9 Å². The van der Waals surface area contributed by atoms with Crippen LogP contribution in [-0.2, 0) is 4.79 Å². The Bertz CT molecular complexity index is 317. The molecule has 3 N–H and O–H groups in total. The molecule has 0 radical (unpaired) electrons. The molecule has 0 bridgehead atoms. The zero-order valence-electron chi connectivity index (χ0n) is 11.7. The molecule has 1 aliphatic carbocycles. The van der Waals surface area contributed by atoms with E-state index in [1.54, 1.807) is 6.92 Å². The fourth-order valence-corrected chi connectivity index (χ4v) is 3.39. The van der Waals surface area contributed by atoms with Crippen molar-refractivity contribution in [2.75, 3.05) is 12.8 Å². The summed E-state index contributed by atoms with van der Waals surface area (Å²) in [5.41, 5.74) is 0. The highest BCUT2D eigenvalue weighted by atomic mass is 32.2. The number of carboxylic acids is 1. The van der Waals surface area contributed by atoms with Crippen LogP contribution in [0.25, 0.3) is 0 Å². The Balaban J connectivity index is 2.33. The van der Waals surface area contributed by atoms with E-state index < -0.39 is 5.97 Å². The second kappa shape index (κ2) is 7.62. The molecule has 0 aromatic carbocycles. The van der Waals surface area contributed by atoms with E-state index in [0.717, 1.165) is 12.8 Å². The largest absolute Gasteiger partial charge is 0.481 e. The van der Waals surface area contributed by atoms with E-state index >= 15 is 0 Å². The molecule has 0 aromatic heterocycles. The summed E-state index contributed by atoms with van der Waals surface area (Å²) in [5, 5.41) is 14.2. The molecule has 1 rings (SSSR count). The van der Waals surface area contributed by atoms with E-state index in [1.165, 1.54) is 19.3 Å². The first-order valence-corrected chi connectivity index (χ1v) is 8.01. The molecule has 19 heavy (non-hydrogen) atoms. The highest BCUT2D eigenvalue weighted by Gasteiger charge is 2.31. The van der Waals surface area contributed by atoms with Crippen LogP contribution in [0.2, 0.25) is 0 Å². The highest BCUT2D eigenvalue weighted by Crippen LogP contribution is 2.37. The minimum atomic E-state index is -0.902. The third-order valence-electron chi connectivity index (χ3n) is 3.63. The first-order chi connectivity index (χ1) is 8.97. The van der Waals surface area contributed by atoms with Gasteiger partial charge in [-0.25, -0.2) is 4.79 Å². The summed E-state index contributed by atoms with van der Waals surface area (Å²) in [5.74, 6) is -0.902.